The van der Waals surface area contributed by atoms with Gasteiger partial charge in [-0.25, -0.2) is 9.97 Å². The minimum Gasteiger partial charge on any atom is -0.460 e. The normalized spacial score (nSPS) is 17.6. The fourth-order valence-electron chi connectivity index (χ4n) is 3.17. The minimum atomic E-state index is -0.197. The molecule has 7 heteroatoms. The van der Waals surface area contributed by atoms with Gasteiger partial charge in [0.1, 0.15) is 17.7 Å². The van der Waals surface area contributed by atoms with Crippen LogP contribution < -0.4 is 4.90 Å². The summed E-state index contributed by atoms with van der Waals surface area (Å²) in [4.78, 5) is 23.2. The summed E-state index contributed by atoms with van der Waals surface area (Å²) in [6, 6.07) is 1.98. The van der Waals surface area contributed by atoms with E-state index in [1.54, 1.807) is 6.20 Å². The number of aryl methyl sites for hydroxylation is 3. The molecule has 0 spiro atoms. The molecule has 25 heavy (non-hydrogen) atoms. The van der Waals surface area contributed by atoms with Gasteiger partial charge in [-0.1, -0.05) is 0 Å². The lowest BCUT2D eigenvalue weighted by Crippen LogP contribution is -2.41. The number of piperidine rings is 1. The molecule has 1 aliphatic rings. The third-order valence-electron chi connectivity index (χ3n) is 4.31. The topological polar surface area (TPSA) is 73.1 Å². The van der Waals surface area contributed by atoms with Gasteiger partial charge in [0, 0.05) is 36.6 Å². The van der Waals surface area contributed by atoms with E-state index in [9.17, 15) is 4.79 Å². The first kappa shape index (κ1) is 17.4. The Labute approximate surface area is 148 Å². The summed E-state index contributed by atoms with van der Waals surface area (Å²) in [5, 5.41) is 4.19. The number of carbonyl (C=O) groups is 1. The second-order valence-corrected chi connectivity index (χ2v) is 6.50. The first-order valence-electron chi connectivity index (χ1n) is 8.81. The molecule has 0 aliphatic carbocycles. The zero-order valence-corrected chi connectivity index (χ0v) is 15.1. The van der Waals surface area contributed by atoms with Crippen molar-refractivity contribution in [3.8, 4) is 0 Å². The van der Waals surface area contributed by atoms with Gasteiger partial charge in [-0.2, -0.15) is 5.10 Å². The van der Waals surface area contributed by atoms with E-state index >= 15 is 0 Å². The largest absolute Gasteiger partial charge is 0.460 e. The van der Waals surface area contributed by atoms with Crippen LogP contribution in [0.4, 0.5) is 5.82 Å². The summed E-state index contributed by atoms with van der Waals surface area (Å²) in [6.07, 6.45) is 5.65. The Morgan fingerprint density at radius 1 is 1.36 bits per heavy atom. The molecular formula is C18H25N5O2. The van der Waals surface area contributed by atoms with E-state index in [0.717, 1.165) is 48.8 Å². The lowest BCUT2D eigenvalue weighted by atomic mass is 10.1. The molecule has 134 valence electrons. The molecule has 7 nitrogen and oxygen atoms in total. The molecule has 0 amide bonds. The number of aromatic nitrogens is 4. The van der Waals surface area contributed by atoms with E-state index in [1.165, 1.54) is 0 Å². The second kappa shape index (κ2) is 7.63. The molecule has 2 aromatic rings. The highest BCUT2D eigenvalue weighted by Gasteiger charge is 2.24. The molecule has 0 bridgehead atoms. The second-order valence-electron chi connectivity index (χ2n) is 6.50. The van der Waals surface area contributed by atoms with Crippen molar-refractivity contribution in [3.63, 3.8) is 0 Å². The number of carbonyl (C=O) groups excluding carboxylic acids is 1. The van der Waals surface area contributed by atoms with Crippen LogP contribution in [0.15, 0.2) is 18.5 Å². The van der Waals surface area contributed by atoms with Crippen LogP contribution in [-0.4, -0.2) is 44.9 Å². The maximum Gasteiger partial charge on any atom is 0.310 e. The lowest BCUT2D eigenvalue weighted by molar-refractivity contribution is -0.148. The Balaban J connectivity index is 1.58. The van der Waals surface area contributed by atoms with E-state index in [2.05, 4.69) is 20.0 Å². The quantitative estimate of drug-likeness (QED) is 0.774. The van der Waals surface area contributed by atoms with Gasteiger partial charge in [-0.15, -0.1) is 0 Å². The van der Waals surface area contributed by atoms with E-state index in [-0.39, 0.29) is 18.5 Å². The molecule has 1 saturated heterocycles. The molecule has 3 heterocycles. The van der Waals surface area contributed by atoms with E-state index in [4.69, 9.17) is 4.74 Å². The third-order valence-corrected chi connectivity index (χ3v) is 4.31. The van der Waals surface area contributed by atoms with Crippen molar-refractivity contribution < 1.29 is 9.53 Å². The van der Waals surface area contributed by atoms with Crippen LogP contribution in [0.3, 0.4) is 0 Å². The predicted molar refractivity (Wildman–Crippen MR) is 94.4 cm³/mol. The van der Waals surface area contributed by atoms with Gasteiger partial charge in [0.15, 0.2) is 0 Å². The van der Waals surface area contributed by atoms with Gasteiger partial charge in [0.05, 0.1) is 19.2 Å². The smallest absolute Gasteiger partial charge is 0.310 e. The summed E-state index contributed by atoms with van der Waals surface area (Å²) in [5.74, 6) is 1.48. The van der Waals surface area contributed by atoms with Crippen molar-refractivity contribution in [1.29, 1.82) is 0 Å². The van der Waals surface area contributed by atoms with Crippen LogP contribution in [0.2, 0.25) is 0 Å². The Hall–Kier alpha value is -2.44. The van der Waals surface area contributed by atoms with E-state index < -0.39 is 0 Å². The Morgan fingerprint density at radius 2 is 2.20 bits per heavy atom. The van der Waals surface area contributed by atoms with Crippen molar-refractivity contribution in [2.75, 3.05) is 18.0 Å². The number of nitrogens with zero attached hydrogens (tertiary/aromatic N) is 5. The molecule has 0 aromatic carbocycles. The first-order valence-corrected chi connectivity index (χ1v) is 8.81. The predicted octanol–water partition coefficient (Wildman–Crippen LogP) is 2.06. The number of ether oxygens (including phenoxy) is 1. The third kappa shape index (κ3) is 4.55. The van der Waals surface area contributed by atoms with Crippen LogP contribution >= 0.6 is 0 Å². The van der Waals surface area contributed by atoms with Gasteiger partial charge >= 0.3 is 5.97 Å². The molecule has 1 aliphatic heterocycles. The van der Waals surface area contributed by atoms with Gasteiger partial charge < -0.3 is 9.64 Å². The molecule has 0 unspecified atom stereocenters. The Bertz CT molecular complexity index is 723. The first-order chi connectivity index (χ1) is 12.0. The summed E-state index contributed by atoms with van der Waals surface area (Å²) in [5.41, 5.74) is 1.84. The van der Waals surface area contributed by atoms with Crippen LogP contribution in [0.1, 0.15) is 36.8 Å². The number of hydrogen-bond acceptors (Lipinski definition) is 6. The molecule has 0 N–H and O–H groups in total. The minimum absolute atomic E-state index is 0.0990. The molecule has 1 atom stereocenters. The molecule has 1 fully saturated rings. The van der Waals surface area contributed by atoms with Crippen LogP contribution in [0.25, 0.3) is 0 Å². The summed E-state index contributed by atoms with van der Waals surface area (Å²) >= 11 is 0. The fraction of sp³-hybridized carbons (Fsp3) is 0.556. The summed E-state index contributed by atoms with van der Waals surface area (Å²) in [7, 11) is 0. The SMILES string of the molecule is CCn1cc(CC(=O)O[C@@H]2CCCN(c3cc(C)nc(C)n3)C2)cn1. The highest BCUT2D eigenvalue weighted by atomic mass is 16.5. The van der Waals surface area contributed by atoms with E-state index in [1.807, 2.05) is 37.7 Å². The summed E-state index contributed by atoms with van der Waals surface area (Å²) < 4.78 is 7.50. The number of anilines is 1. The zero-order chi connectivity index (χ0) is 17.8. The number of esters is 1. The molecule has 2 aromatic heterocycles. The van der Waals surface area contributed by atoms with Crippen LogP contribution in [0.5, 0.6) is 0 Å². The van der Waals surface area contributed by atoms with Crippen molar-refractivity contribution >= 4 is 11.8 Å². The van der Waals surface area contributed by atoms with Crippen molar-refractivity contribution in [3.05, 3.63) is 35.5 Å². The van der Waals surface area contributed by atoms with Crippen molar-refractivity contribution in [2.24, 2.45) is 0 Å². The van der Waals surface area contributed by atoms with Crippen molar-refractivity contribution in [1.82, 2.24) is 19.7 Å². The standard InChI is InChI=1S/C18H25N5O2/c1-4-23-11-15(10-19-23)9-18(24)25-16-6-5-7-22(12-16)17-8-13(2)20-14(3)21-17/h8,10-11,16H,4-7,9,12H2,1-3H3/t16-/m1/s1. The highest BCUT2D eigenvalue weighted by Crippen LogP contribution is 2.20. The number of hydrogen-bond donors (Lipinski definition) is 0. The monoisotopic (exact) mass is 343 g/mol. The van der Waals surface area contributed by atoms with Gasteiger partial charge in [-0.3, -0.25) is 9.48 Å². The van der Waals surface area contributed by atoms with Crippen LogP contribution in [-0.2, 0) is 22.5 Å². The molecule has 3 rings (SSSR count). The lowest BCUT2D eigenvalue weighted by Gasteiger charge is -2.33. The van der Waals surface area contributed by atoms with E-state index in [0.29, 0.717) is 6.54 Å². The Kier molecular flexibility index (Phi) is 5.31. The number of rotatable bonds is 5. The fourth-order valence-corrected chi connectivity index (χ4v) is 3.17. The zero-order valence-electron chi connectivity index (χ0n) is 15.1. The van der Waals surface area contributed by atoms with Gasteiger partial charge in [0.2, 0.25) is 0 Å². The maximum atomic E-state index is 12.2. The molecular weight excluding hydrogens is 318 g/mol. The van der Waals surface area contributed by atoms with Crippen LogP contribution in [0, 0.1) is 13.8 Å². The highest BCUT2D eigenvalue weighted by molar-refractivity contribution is 5.72. The maximum absolute atomic E-state index is 12.2. The average Bonchev–Trinajstić information content (AvgIpc) is 3.01. The van der Waals surface area contributed by atoms with Crippen molar-refractivity contribution in [2.45, 2.75) is 52.7 Å². The van der Waals surface area contributed by atoms with Gasteiger partial charge in [-0.05, 0) is 33.6 Å². The molecule has 0 saturated carbocycles. The molecule has 0 radical (unpaired) electrons. The van der Waals surface area contributed by atoms with Gasteiger partial charge in [0.25, 0.3) is 0 Å². The Morgan fingerprint density at radius 3 is 2.92 bits per heavy atom. The summed E-state index contributed by atoms with van der Waals surface area (Å²) in [6.45, 7) is 8.28. The average molecular weight is 343 g/mol.